The quantitative estimate of drug-likeness (QED) is 0.637. The van der Waals surface area contributed by atoms with E-state index in [0.29, 0.717) is 23.0 Å². The molecule has 0 unspecified atom stereocenters. The minimum Gasteiger partial charge on any atom is -0.330 e. The molecule has 3 rings (SSSR count). The maximum atomic E-state index is 13.5. The van der Waals surface area contributed by atoms with Gasteiger partial charge in [0.25, 0.3) is 5.91 Å². The molecule has 0 bridgehead atoms. The number of thiazole rings is 1. The molecule has 0 aliphatic heterocycles. The fourth-order valence-electron chi connectivity index (χ4n) is 2.76. The number of fused-ring (bicyclic) bond motifs is 1. The summed E-state index contributed by atoms with van der Waals surface area (Å²) in [6.45, 7) is 7.23. The van der Waals surface area contributed by atoms with Crippen LogP contribution in [0.2, 0.25) is 0 Å². The van der Waals surface area contributed by atoms with Crippen LogP contribution in [0.4, 0.5) is 9.52 Å². The second-order valence-corrected chi connectivity index (χ2v) is 6.96. The normalized spacial score (nSPS) is 11.4. The molecule has 0 N–H and O–H groups in total. The minimum absolute atomic E-state index is 0.204. The molecular weight excluding hydrogens is 353 g/mol. The first kappa shape index (κ1) is 18.5. The molecule has 8 heteroatoms. The Morgan fingerprint density at radius 1 is 1.27 bits per heavy atom. The number of imidazole rings is 1. The summed E-state index contributed by atoms with van der Waals surface area (Å²) in [5.74, 6) is -0.156. The predicted octanol–water partition coefficient (Wildman–Crippen LogP) is 3.16. The number of rotatable bonds is 7. The zero-order valence-corrected chi connectivity index (χ0v) is 16.0. The van der Waals surface area contributed by atoms with Crippen LogP contribution >= 0.6 is 11.3 Å². The van der Waals surface area contributed by atoms with Crippen molar-refractivity contribution >= 4 is 32.6 Å². The van der Waals surface area contributed by atoms with Crippen LogP contribution in [-0.2, 0) is 7.05 Å². The van der Waals surface area contributed by atoms with E-state index in [1.165, 1.54) is 23.5 Å². The van der Waals surface area contributed by atoms with Gasteiger partial charge in [0.1, 0.15) is 5.82 Å². The number of benzene rings is 1. The van der Waals surface area contributed by atoms with Gasteiger partial charge in [-0.05, 0) is 31.3 Å². The third-order valence-electron chi connectivity index (χ3n) is 4.36. The molecule has 1 amide bonds. The van der Waals surface area contributed by atoms with Crippen molar-refractivity contribution in [1.82, 2.24) is 19.4 Å². The van der Waals surface area contributed by atoms with E-state index in [-0.39, 0.29) is 11.7 Å². The van der Waals surface area contributed by atoms with Gasteiger partial charge in [-0.3, -0.25) is 9.69 Å². The summed E-state index contributed by atoms with van der Waals surface area (Å²) in [7, 11) is 1.79. The second-order valence-electron chi connectivity index (χ2n) is 5.95. The van der Waals surface area contributed by atoms with Crippen LogP contribution < -0.4 is 4.90 Å². The number of anilines is 1. The molecule has 6 nitrogen and oxygen atoms in total. The maximum Gasteiger partial charge on any atom is 0.296 e. The molecule has 0 saturated heterocycles. The zero-order valence-electron chi connectivity index (χ0n) is 15.1. The average molecular weight is 375 g/mol. The number of halogens is 1. The van der Waals surface area contributed by atoms with Crippen molar-refractivity contribution in [3.05, 3.63) is 42.2 Å². The van der Waals surface area contributed by atoms with Crippen molar-refractivity contribution in [2.24, 2.45) is 7.05 Å². The molecule has 26 heavy (non-hydrogen) atoms. The van der Waals surface area contributed by atoms with Crippen LogP contribution in [-0.4, -0.2) is 51.5 Å². The van der Waals surface area contributed by atoms with Crippen molar-refractivity contribution in [2.45, 2.75) is 13.8 Å². The molecule has 0 spiro atoms. The number of likely N-dealkylation sites (N-methyl/N-ethyl adjacent to an activating group) is 1. The summed E-state index contributed by atoms with van der Waals surface area (Å²) >= 11 is 1.32. The van der Waals surface area contributed by atoms with Gasteiger partial charge in [-0.15, -0.1) is 0 Å². The average Bonchev–Trinajstić information content (AvgIpc) is 3.23. The highest BCUT2D eigenvalue weighted by Gasteiger charge is 2.24. The number of aromatic nitrogens is 3. The molecule has 2 aromatic heterocycles. The number of nitrogens with zero attached hydrogens (tertiary/aromatic N) is 5. The first-order valence-electron chi connectivity index (χ1n) is 8.61. The summed E-state index contributed by atoms with van der Waals surface area (Å²) < 4.78 is 15.9. The van der Waals surface area contributed by atoms with Crippen LogP contribution in [0.5, 0.6) is 0 Å². The topological polar surface area (TPSA) is 54.3 Å². The zero-order chi connectivity index (χ0) is 18.7. The first-order valence-corrected chi connectivity index (χ1v) is 9.42. The Bertz CT molecular complexity index is 902. The SMILES string of the molecule is CCN(CC)CCN(C(=O)c1nccn1C)c1nc2ccc(F)cc2s1. The number of aryl methyl sites for hydroxylation is 1. The molecule has 0 radical (unpaired) electrons. The highest BCUT2D eigenvalue weighted by molar-refractivity contribution is 7.22. The maximum absolute atomic E-state index is 13.5. The van der Waals surface area contributed by atoms with Gasteiger partial charge in [0.2, 0.25) is 0 Å². The van der Waals surface area contributed by atoms with E-state index in [4.69, 9.17) is 0 Å². The molecule has 2 heterocycles. The van der Waals surface area contributed by atoms with Gasteiger partial charge in [0.05, 0.1) is 10.2 Å². The molecule has 3 aromatic rings. The Kier molecular flexibility index (Phi) is 5.63. The Morgan fingerprint density at radius 3 is 2.69 bits per heavy atom. The van der Waals surface area contributed by atoms with Gasteiger partial charge in [0.15, 0.2) is 11.0 Å². The molecule has 138 valence electrons. The summed E-state index contributed by atoms with van der Waals surface area (Å²) in [5, 5.41) is 0.561. The van der Waals surface area contributed by atoms with E-state index < -0.39 is 0 Å². The van der Waals surface area contributed by atoms with Gasteiger partial charge in [-0.1, -0.05) is 25.2 Å². The van der Waals surface area contributed by atoms with Crippen LogP contribution in [0.1, 0.15) is 24.5 Å². The molecule has 0 aliphatic carbocycles. The van der Waals surface area contributed by atoms with Gasteiger partial charge in [0, 0.05) is 32.5 Å². The van der Waals surface area contributed by atoms with E-state index in [9.17, 15) is 9.18 Å². The van der Waals surface area contributed by atoms with Crippen molar-refractivity contribution < 1.29 is 9.18 Å². The first-order chi connectivity index (χ1) is 12.5. The van der Waals surface area contributed by atoms with E-state index in [1.807, 2.05) is 0 Å². The van der Waals surface area contributed by atoms with Crippen molar-refractivity contribution in [3.63, 3.8) is 0 Å². The lowest BCUT2D eigenvalue weighted by molar-refractivity contribution is 0.0971. The molecule has 1 aromatic carbocycles. The molecule has 0 saturated carbocycles. The lowest BCUT2D eigenvalue weighted by Gasteiger charge is -2.24. The Morgan fingerprint density at radius 2 is 2.04 bits per heavy atom. The van der Waals surface area contributed by atoms with Gasteiger partial charge < -0.3 is 9.47 Å². The monoisotopic (exact) mass is 375 g/mol. The highest BCUT2D eigenvalue weighted by atomic mass is 32.1. The van der Waals surface area contributed by atoms with Gasteiger partial charge in [-0.2, -0.15) is 0 Å². The smallest absolute Gasteiger partial charge is 0.296 e. The highest BCUT2D eigenvalue weighted by Crippen LogP contribution is 2.30. The molecule has 0 fully saturated rings. The fourth-order valence-corrected chi connectivity index (χ4v) is 3.77. The van der Waals surface area contributed by atoms with Crippen LogP contribution in [0.25, 0.3) is 10.2 Å². The number of amides is 1. The Hall–Kier alpha value is -2.32. The summed E-state index contributed by atoms with van der Waals surface area (Å²) in [4.78, 5) is 25.7. The Labute approximate surface area is 155 Å². The Balaban J connectivity index is 1.95. The third-order valence-corrected chi connectivity index (χ3v) is 5.40. The lowest BCUT2D eigenvalue weighted by atomic mass is 10.3. The second kappa shape index (κ2) is 7.92. The third kappa shape index (κ3) is 3.76. The summed E-state index contributed by atoms with van der Waals surface area (Å²) in [5.41, 5.74) is 0.687. The number of hydrogen-bond donors (Lipinski definition) is 0. The molecule has 0 atom stereocenters. The number of carbonyl (C=O) groups excluding carboxylic acids is 1. The number of hydrogen-bond acceptors (Lipinski definition) is 5. The number of carbonyl (C=O) groups is 1. The van der Waals surface area contributed by atoms with E-state index in [1.54, 1.807) is 35.0 Å². The lowest BCUT2D eigenvalue weighted by Crippen LogP contribution is -2.39. The van der Waals surface area contributed by atoms with Crippen molar-refractivity contribution in [2.75, 3.05) is 31.1 Å². The molecular formula is C18H22FN5OS. The van der Waals surface area contributed by atoms with E-state index in [2.05, 4.69) is 28.7 Å². The van der Waals surface area contributed by atoms with Crippen molar-refractivity contribution in [3.8, 4) is 0 Å². The van der Waals surface area contributed by atoms with Crippen molar-refractivity contribution in [1.29, 1.82) is 0 Å². The van der Waals surface area contributed by atoms with E-state index >= 15 is 0 Å². The van der Waals surface area contributed by atoms with Gasteiger partial charge >= 0.3 is 0 Å². The van der Waals surface area contributed by atoms with Crippen LogP contribution in [0.3, 0.4) is 0 Å². The minimum atomic E-state index is -0.308. The fraction of sp³-hybridized carbons (Fsp3) is 0.389. The standard InChI is InChI=1S/C18H22FN5OS/c1-4-23(5-2)10-11-24(17(25)16-20-8-9-22(16)3)18-21-14-7-6-13(19)12-15(14)26-18/h6-9,12H,4-5,10-11H2,1-3H3. The molecule has 0 aliphatic rings. The van der Waals surface area contributed by atoms with Crippen LogP contribution in [0.15, 0.2) is 30.6 Å². The summed E-state index contributed by atoms with van der Waals surface area (Å²) in [6.07, 6.45) is 3.34. The largest absolute Gasteiger partial charge is 0.330 e. The van der Waals surface area contributed by atoms with Gasteiger partial charge in [-0.25, -0.2) is 14.4 Å². The van der Waals surface area contributed by atoms with E-state index in [0.717, 1.165) is 24.3 Å². The predicted molar refractivity (Wildman–Crippen MR) is 102 cm³/mol. The summed E-state index contributed by atoms with van der Waals surface area (Å²) in [6, 6.07) is 4.47. The van der Waals surface area contributed by atoms with Crippen LogP contribution in [0, 0.1) is 5.82 Å².